The Bertz CT molecular complexity index is 506. The molecule has 0 saturated carbocycles. The summed E-state index contributed by atoms with van der Waals surface area (Å²) in [7, 11) is -7.55. The van der Waals surface area contributed by atoms with E-state index in [4.69, 9.17) is 0 Å². The van der Waals surface area contributed by atoms with Crippen LogP contribution in [0.25, 0.3) is 0 Å². The van der Waals surface area contributed by atoms with Crippen molar-refractivity contribution in [1.29, 1.82) is 0 Å². The van der Waals surface area contributed by atoms with Gasteiger partial charge in [-0.15, -0.1) is 0 Å². The maximum atomic E-state index is 9.75. The second-order valence-electron chi connectivity index (χ2n) is 7.51. The van der Waals surface area contributed by atoms with Crippen LogP contribution in [0.4, 0.5) is 34.5 Å². The fraction of sp³-hybridized carbons (Fsp3) is 0.824. The van der Waals surface area contributed by atoms with Crippen LogP contribution >= 0.6 is 0 Å². The van der Waals surface area contributed by atoms with Gasteiger partial charge in [-0.3, -0.25) is 0 Å². The normalized spacial score (nSPS) is 15.2. The number of imidazole rings is 1. The molecule has 1 aromatic heterocycles. The lowest BCUT2D eigenvalue weighted by atomic mass is 10.3. The fourth-order valence-electron chi connectivity index (χ4n) is 2.84. The molecule has 180 valence electrons. The van der Waals surface area contributed by atoms with Crippen LogP contribution in [0.5, 0.6) is 0 Å². The molecule has 2 rings (SSSR count). The summed E-state index contributed by atoms with van der Waals surface area (Å²) in [5.41, 5.74) is 0. The highest BCUT2D eigenvalue weighted by atomic mass is 19.5. The van der Waals surface area contributed by atoms with Crippen molar-refractivity contribution in [3.8, 4) is 0 Å². The van der Waals surface area contributed by atoms with Crippen LogP contribution in [0, 0.1) is 0 Å². The summed E-state index contributed by atoms with van der Waals surface area (Å²) in [6.45, 7) is 9.92. The van der Waals surface area contributed by atoms with Gasteiger partial charge in [-0.05, 0) is 12.8 Å². The van der Waals surface area contributed by atoms with Gasteiger partial charge in [0.15, 0.2) is 0 Å². The first-order valence-corrected chi connectivity index (χ1v) is 10.2. The van der Waals surface area contributed by atoms with Crippen LogP contribution < -0.4 is 4.57 Å². The van der Waals surface area contributed by atoms with Gasteiger partial charge in [-0.25, -0.2) is 9.13 Å². The molecule has 1 aliphatic heterocycles. The highest BCUT2D eigenvalue weighted by Gasteiger charge is 2.25. The van der Waals surface area contributed by atoms with E-state index in [1.807, 2.05) is 7.05 Å². The van der Waals surface area contributed by atoms with Crippen molar-refractivity contribution in [2.24, 2.45) is 7.05 Å². The first-order chi connectivity index (χ1) is 13.6. The van der Waals surface area contributed by atoms with Gasteiger partial charge < -0.3 is 39.0 Å². The molecule has 0 bridgehead atoms. The van der Waals surface area contributed by atoms with Crippen molar-refractivity contribution >= 4 is 14.5 Å². The zero-order valence-electron chi connectivity index (χ0n) is 18.3. The molecule has 3 nitrogen and oxygen atoms in total. The highest BCUT2D eigenvalue weighted by Crippen LogP contribution is 2.16. The standard InChI is InChI=1S/C9H20N.C8H15N2.2BF4/c1-3-4-7-10(2)8-5-6-9-10;1-3-4-5-10-7-6-9(2)8-10;2*2-1(3,4)5/h3-9H2,1-2H3;6-8H,3-5H2,1-2H3;;/q2*+1;2*-1. The second kappa shape index (κ2) is 15.5. The van der Waals surface area contributed by atoms with E-state index in [0.717, 1.165) is 6.54 Å². The maximum Gasteiger partial charge on any atom is 0.673 e. The van der Waals surface area contributed by atoms with Crippen molar-refractivity contribution in [2.45, 2.75) is 58.9 Å². The minimum atomic E-state index is -6.00. The van der Waals surface area contributed by atoms with Crippen molar-refractivity contribution < 1.29 is 43.6 Å². The van der Waals surface area contributed by atoms with E-state index in [1.165, 1.54) is 62.6 Å². The molecule has 1 aliphatic rings. The molecule has 30 heavy (non-hydrogen) atoms. The minimum absolute atomic E-state index is 1.15. The second-order valence-corrected chi connectivity index (χ2v) is 7.51. The predicted molar refractivity (Wildman–Crippen MR) is 106 cm³/mol. The molecule has 2 heterocycles. The molecule has 0 amide bonds. The number of likely N-dealkylation sites (tertiary alicyclic amines) is 1. The van der Waals surface area contributed by atoms with Gasteiger partial charge in [0, 0.05) is 12.8 Å². The van der Waals surface area contributed by atoms with Gasteiger partial charge in [-0.1, -0.05) is 26.7 Å². The zero-order valence-corrected chi connectivity index (χ0v) is 18.3. The van der Waals surface area contributed by atoms with E-state index in [0.29, 0.717) is 0 Å². The average Bonchev–Trinajstić information content (AvgIpc) is 3.17. The van der Waals surface area contributed by atoms with Crippen molar-refractivity contribution in [3.63, 3.8) is 0 Å². The van der Waals surface area contributed by atoms with Crippen molar-refractivity contribution in [2.75, 3.05) is 26.7 Å². The average molecular weight is 455 g/mol. The number of unbranched alkanes of at least 4 members (excludes halogenated alkanes) is 2. The van der Waals surface area contributed by atoms with Gasteiger partial charge >= 0.3 is 14.5 Å². The summed E-state index contributed by atoms with van der Waals surface area (Å²) in [5.74, 6) is 0. The molecule has 1 aromatic rings. The number of nitrogens with zero attached hydrogens (tertiary/aromatic N) is 3. The summed E-state index contributed by atoms with van der Waals surface area (Å²) in [6, 6.07) is 0. The topological polar surface area (TPSA) is 8.81 Å². The number of quaternary nitrogens is 1. The monoisotopic (exact) mass is 455 g/mol. The summed E-state index contributed by atoms with van der Waals surface area (Å²) < 4.78 is 83.6. The Morgan fingerprint density at radius 3 is 1.63 bits per heavy atom. The third-order valence-electron chi connectivity index (χ3n) is 4.29. The number of aryl methyl sites for hydroxylation is 2. The van der Waals surface area contributed by atoms with Crippen LogP contribution in [0.15, 0.2) is 18.7 Å². The number of rotatable bonds is 6. The Kier molecular flexibility index (Phi) is 16.0. The molecule has 0 N–H and O–H groups in total. The number of hydrogen-bond donors (Lipinski definition) is 0. The van der Waals surface area contributed by atoms with Crippen molar-refractivity contribution in [3.05, 3.63) is 18.7 Å². The molecule has 0 radical (unpaired) electrons. The van der Waals surface area contributed by atoms with E-state index in [9.17, 15) is 34.5 Å². The molecule has 0 spiro atoms. The molecule has 0 atom stereocenters. The molecule has 1 fully saturated rings. The maximum absolute atomic E-state index is 9.75. The molecular formula is C17H35B2F8N3. The molecule has 1 saturated heterocycles. The molecule has 0 aliphatic carbocycles. The number of halogens is 8. The first-order valence-electron chi connectivity index (χ1n) is 10.2. The molecular weight excluding hydrogens is 420 g/mol. The Labute approximate surface area is 174 Å². The third kappa shape index (κ3) is 26.7. The quantitative estimate of drug-likeness (QED) is 0.224. The van der Waals surface area contributed by atoms with Crippen molar-refractivity contribution in [1.82, 2.24) is 4.57 Å². The Hall–Kier alpha value is -1.26. The van der Waals surface area contributed by atoms with Gasteiger partial charge in [-0.2, -0.15) is 0 Å². The Balaban J connectivity index is 0. The van der Waals surface area contributed by atoms with E-state index in [2.05, 4.69) is 48.8 Å². The lowest BCUT2D eigenvalue weighted by Gasteiger charge is -2.28. The van der Waals surface area contributed by atoms with Crippen LogP contribution in [-0.2, 0) is 13.6 Å². The van der Waals surface area contributed by atoms with Crippen LogP contribution in [-0.4, -0.2) is 50.2 Å². The fourth-order valence-corrected chi connectivity index (χ4v) is 2.84. The van der Waals surface area contributed by atoms with E-state index in [1.54, 1.807) is 0 Å². The van der Waals surface area contributed by atoms with Crippen LogP contribution in [0.1, 0.15) is 52.4 Å². The zero-order chi connectivity index (χ0) is 23.8. The lowest BCUT2D eigenvalue weighted by molar-refractivity contribution is -0.897. The number of aromatic nitrogens is 2. The minimum Gasteiger partial charge on any atom is -0.418 e. The predicted octanol–water partition coefficient (Wildman–Crippen LogP) is 5.74. The van der Waals surface area contributed by atoms with Gasteiger partial charge in [0.2, 0.25) is 6.33 Å². The Morgan fingerprint density at radius 1 is 0.867 bits per heavy atom. The molecule has 13 heteroatoms. The molecule has 0 unspecified atom stereocenters. The van der Waals surface area contributed by atoms with Gasteiger partial charge in [0.1, 0.15) is 12.4 Å². The summed E-state index contributed by atoms with van der Waals surface area (Å²) in [4.78, 5) is 0. The van der Waals surface area contributed by atoms with E-state index in [-0.39, 0.29) is 0 Å². The smallest absolute Gasteiger partial charge is 0.418 e. The van der Waals surface area contributed by atoms with Crippen LogP contribution in [0.3, 0.4) is 0 Å². The lowest BCUT2D eigenvalue weighted by Crippen LogP contribution is -2.41. The summed E-state index contributed by atoms with van der Waals surface area (Å²) >= 11 is 0. The molecule has 0 aromatic carbocycles. The number of hydrogen-bond acceptors (Lipinski definition) is 0. The van der Waals surface area contributed by atoms with Gasteiger partial charge in [0.25, 0.3) is 0 Å². The summed E-state index contributed by atoms with van der Waals surface area (Å²) in [6.07, 6.45) is 14.5. The van der Waals surface area contributed by atoms with Gasteiger partial charge in [0.05, 0.1) is 40.3 Å². The third-order valence-corrected chi connectivity index (χ3v) is 4.29. The largest absolute Gasteiger partial charge is 0.673 e. The Morgan fingerprint density at radius 2 is 1.30 bits per heavy atom. The van der Waals surface area contributed by atoms with E-state index < -0.39 is 14.5 Å². The van der Waals surface area contributed by atoms with E-state index >= 15 is 0 Å². The SMILES string of the molecule is CCCC[N+]1(C)CCCC1.CCCCn1cc[n+](C)c1.F[B-](F)(F)F.F[B-](F)(F)F. The summed E-state index contributed by atoms with van der Waals surface area (Å²) in [5, 5.41) is 0. The van der Waals surface area contributed by atoms with Crippen LogP contribution in [0.2, 0.25) is 0 Å². The highest BCUT2D eigenvalue weighted by molar-refractivity contribution is 6.50. The first kappa shape index (κ1) is 30.9.